The van der Waals surface area contributed by atoms with Gasteiger partial charge < -0.3 is 16.8 Å². The van der Waals surface area contributed by atoms with E-state index in [0.717, 1.165) is 15.5 Å². The first-order valence-corrected chi connectivity index (χ1v) is 5.38. The molecular weight excluding hydrogens is 208 g/mol. The number of hydrogen-bond acceptors (Lipinski definition) is 5. The SMILES string of the molecule is C=C(C)S/C(=C(/C)N)C1C=CN=C(N)N1. The van der Waals surface area contributed by atoms with E-state index in [4.69, 9.17) is 11.5 Å². The second-order valence-corrected chi connectivity index (χ2v) is 4.67. The Labute approximate surface area is 94.2 Å². The second-order valence-electron chi connectivity index (χ2n) is 3.33. The predicted molar refractivity (Wildman–Crippen MR) is 67.0 cm³/mol. The summed E-state index contributed by atoms with van der Waals surface area (Å²) in [5.74, 6) is 0.406. The lowest BCUT2D eigenvalue weighted by Gasteiger charge is -2.22. The van der Waals surface area contributed by atoms with Crippen LogP contribution in [0.4, 0.5) is 0 Å². The van der Waals surface area contributed by atoms with Gasteiger partial charge in [0.25, 0.3) is 0 Å². The van der Waals surface area contributed by atoms with E-state index < -0.39 is 0 Å². The number of hydrogen-bond donors (Lipinski definition) is 3. The molecule has 0 saturated heterocycles. The molecule has 0 aliphatic carbocycles. The number of nitrogens with zero attached hydrogens (tertiary/aromatic N) is 1. The highest BCUT2D eigenvalue weighted by Gasteiger charge is 2.16. The molecule has 1 unspecified atom stereocenters. The minimum Gasteiger partial charge on any atom is -0.402 e. The molecule has 0 spiro atoms. The van der Waals surface area contributed by atoms with E-state index in [2.05, 4.69) is 16.9 Å². The molecule has 0 aromatic heterocycles. The van der Waals surface area contributed by atoms with Crippen LogP contribution in [-0.4, -0.2) is 12.0 Å². The van der Waals surface area contributed by atoms with Crippen molar-refractivity contribution < 1.29 is 0 Å². The summed E-state index contributed by atoms with van der Waals surface area (Å²) in [6.07, 6.45) is 3.59. The number of aliphatic imine (C=N–C) groups is 1. The van der Waals surface area contributed by atoms with Crippen LogP contribution >= 0.6 is 11.8 Å². The number of nitrogens with two attached hydrogens (primary N) is 2. The van der Waals surface area contributed by atoms with Crippen molar-refractivity contribution >= 4 is 17.7 Å². The van der Waals surface area contributed by atoms with Gasteiger partial charge in [0, 0.05) is 16.8 Å². The molecule has 82 valence electrons. The van der Waals surface area contributed by atoms with Crippen LogP contribution in [0.15, 0.2) is 39.4 Å². The number of guanidine groups is 1. The third-order valence-corrected chi connectivity index (χ3v) is 2.90. The molecule has 0 aromatic rings. The minimum atomic E-state index is -0.00537. The summed E-state index contributed by atoms with van der Waals surface area (Å²) in [6, 6.07) is -0.00537. The molecule has 0 bridgehead atoms. The molecule has 1 aliphatic rings. The zero-order valence-electron chi connectivity index (χ0n) is 8.95. The predicted octanol–water partition coefficient (Wildman–Crippen LogP) is 1.24. The molecular formula is C10H16N4S. The van der Waals surface area contributed by atoms with Crippen LogP contribution in [0.5, 0.6) is 0 Å². The summed E-state index contributed by atoms with van der Waals surface area (Å²) >= 11 is 1.55. The van der Waals surface area contributed by atoms with E-state index in [9.17, 15) is 0 Å². The number of thioether (sulfide) groups is 1. The third kappa shape index (κ3) is 3.36. The summed E-state index contributed by atoms with van der Waals surface area (Å²) in [4.78, 5) is 5.91. The van der Waals surface area contributed by atoms with Gasteiger partial charge in [-0.25, -0.2) is 4.99 Å². The molecule has 0 fully saturated rings. The lowest BCUT2D eigenvalue weighted by atomic mass is 10.2. The maximum Gasteiger partial charge on any atom is 0.193 e. The summed E-state index contributed by atoms with van der Waals surface area (Å²) in [5, 5.41) is 3.04. The first-order valence-electron chi connectivity index (χ1n) is 4.56. The van der Waals surface area contributed by atoms with Crippen molar-refractivity contribution in [1.82, 2.24) is 5.32 Å². The number of nitrogens with one attached hydrogen (secondary N) is 1. The van der Waals surface area contributed by atoms with Crippen LogP contribution in [0.1, 0.15) is 13.8 Å². The van der Waals surface area contributed by atoms with E-state index in [-0.39, 0.29) is 6.04 Å². The zero-order chi connectivity index (χ0) is 11.4. The highest BCUT2D eigenvalue weighted by atomic mass is 32.2. The van der Waals surface area contributed by atoms with Crippen LogP contribution < -0.4 is 16.8 Å². The maximum absolute atomic E-state index is 5.82. The Morgan fingerprint density at radius 2 is 2.27 bits per heavy atom. The normalized spacial score (nSPS) is 21.5. The Morgan fingerprint density at radius 3 is 2.73 bits per heavy atom. The molecule has 0 radical (unpaired) electrons. The fraction of sp³-hybridized carbons (Fsp3) is 0.300. The van der Waals surface area contributed by atoms with Gasteiger partial charge >= 0.3 is 0 Å². The van der Waals surface area contributed by atoms with Crippen molar-refractivity contribution in [3.8, 4) is 0 Å². The number of rotatable bonds is 3. The Hall–Kier alpha value is -1.36. The monoisotopic (exact) mass is 224 g/mol. The van der Waals surface area contributed by atoms with Gasteiger partial charge in [-0.15, -0.1) is 0 Å². The number of allylic oxidation sites excluding steroid dienone is 2. The Bertz CT molecular complexity index is 350. The average molecular weight is 224 g/mol. The van der Waals surface area contributed by atoms with Crippen molar-refractivity contribution in [2.75, 3.05) is 0 Å². The Kier molecular flexibility index (Phi) is 3.85. The van der Waals surface area contributed by atoms with Gasteiger partial charge in [0.2, 0.25) is 0 Å². The molecule has 1 rings (SSSR count). The highest BCUT2D eigenvalue weighted by Crippen LogP contribution is 2.28. The lowest BCUT2D eigenvalue weighted by Crippen LogP contribution is -2.41. The van der Waals surface area contributed by atoms with Crippen molar-refractivity contribution in [3.05, 3.63) is 34.4 Å². The van der Waals surface area contributed by atoms with Gasteiger partial charge in [0.15, 0.2) is 5.96 Å². The standard InChI is InChI=1S/C10H16N4S/c1-6(2)15-9(7(3)11)8-4-5-13-10(12)14-8/h4-5,8H,1,11H2,2-3H3,(H3,12,13,14)/b9-7-. The van der Waals surface area contributed by atoms with Crippen LogP contribution in [-0.2, 0) is 0 Å². The summed E-state index contributed by atoms with van der Waals surface area (Å²) in [6.45, 7) is 7.66. The molecule has 1 heterocycles. The molecule has 4 nitrogen and oxygen atoms in total. The molecule has 1 atom stereocenters. The summed E-state index contributed by atoms with van der Waals surface area (Å²) < 4.78 is 0. The zero-order valence-corrected chi connectivity index (χ0v) is 9.77. The van der Waals surface area contributed by atoms with Crippen molar-refractivity contribution in [2.24, 2.45) is 16.5 Å². The summed E-state index contributed by atoms with van der Waals surface area (Å²) in [5.41, 5.74) is 12.2. The fourth-order valence-electron chi connectivity index (χ4n) is 1.18. The van der Waals surface area contributed by atoms with Gasteiger partial charge in [0.05, 0.1) is 6.04 Å². The van der Waals surface area contributed by atoms with Gasteiger partial charge in [-0.2, -0.15) is 0 Å². The first kappa shape index (κ1) is 11.7. The Balaban J connectivity index is 2.84. The van der Waals surface area contributed by atoms with Crippen LogP contribution in [0.2, 0.25) is 0 Å². The first-order chi connectivity index (χ1) is 7.00. The highest BCUT2D eigenvalue weighted by molar-refractivity contribution is 8.06. The van der Waals surface area contributed by atoms with Crippen LogP contribution in [0, 0.1) is 0 Å². The largest absolute Gasteiger partial charge is 0.402 e. The molecule has 1 aliphatic heterocycles. The molecule has 0 aromatic carbocycles. The Morgan fingerprint density at radius 1 is 1.60 bits per heavy atom. The third-order valence-electron chi connectivity index (χ3n) is 1.75. The van der Waals surface area contributed by atoms with Crippen molar-refractivity contribution in [3.63, 3.8) is 0 Å². The van der Waals surface area contributed by atoms with Crippen molar-refractivity contribution in [1.29, 1.82) is 0 Å². The van der Waals surface area contributed by atoms with E-state index in [1.54, 1.807) is 18.0 Å². The van der Waals surface area contributed by atoms with Crippen LogP contribution in [0.25, 0.3) is 0 Å². The lowest BCUT2D eigenvalue weighted by molar-refractivity contribution is 0.832. The van der Waals surface area contributed by atoms with Gasteiger partial charge in [-0.3, -0.25) is 0 Å². The van der Waals surface area contributed by atoms with Gasteiger partial charge in [-0.05, 0) is 24.8 Å². The van der Waals surface area contributed by atoms with Gasteiger partial charge in [0.1, 0.15) is 0 Å². The van der Waals surface area contributed by atoms with Gasteiger partial charge in [-0.1, -0.05) is 18.3 Å². The summed E-state index contributed by atoms with van der Waals surface area (Å²) in [7, 11) is 0. The van der Waals surface area contributed by atoms with Crippen molar-refractivity contribution in [2.45, 2.75) is 19.9 Å². The molecule has 5 N–H and O–H groups in total. The molecule has 5 heteroatoms. The molecule has 0 amide bonds. The molecule has 0 saturated carbocycles. The second kappa shape index (κ2) is 4.93. The fourth-order valence-corrected chi connectivity index (χ4v) is 1.98. The average Bonchev–Trinajstić information content (AvgIpc) is 2.13. The van der Waals surface area contributed by atoms with E-state index in [1.165, 1.54) is 0 Å². The minimum absolute atomic E-state index is 0.00537. The molecule has 15 heavy (non-hydrogen) atoms. The quantitative estimate of drug-likeness (QED) is 0.674. The van der Waals surface area contributed by atoms with E-state index >= 15 is 0 Å². The van der Waals surface area contributed by atoms with Crippen LogP contribution in [0.3, 0.4) is 0 Å². The topological polar surface area (TPSA) is 76.4 Å². The van der Waals surface area contributed by atoms with E-state index in [0.29, 0.717) is 5.96 Å². The maximum atomic E-state index is 5.82. The smallest absolute Gasteiger partial charge is 0.193 e. The van der Waals surface area contributed by atoms with E-state index in [1.807, 2.05) is 19.9 Å².